The first-order valence-electron chi connectivity index (χ1n) is 9.99. The third kappa shape index (κ3) is 6.27. The van der Waals surface area contributed by atoms with E-state index in [2.05, 4.69) is 11.9 Å². The van der Waals surface area contributed by atoms with E-state index in [4.69, 9.17) is 9.47 Å². The van der Waals surface area contributed by atoms with Gasteiger partial charge in [0.05, 0.1) is 23.7 Å². The number of halogens is 1. The van der Waals surface area contributed by atoms with Crippen molar-refractivity contribution in [2.24, 2.45) is 0 Å². The topological polar surface area (TPSA) is 95.6 Å². The van der Waals surface area contributed by atoms with E-state index in [0.717, 1.165) is 5.69 Å². The molecule has 0 aliphatic rings. The Morgan fingerprint density at radius 3 is 2.55 bits per heavy atom. The molecule has 1 amide bonds. The third-order valence-electron chi connectivity index (χ3n) is 4.55. The molecule has 9 heteroatoms. The van der Waals surface area contributed by atoms with Gasteiger partial charge in [-0.1, -0.05) is 19.9 Å². The molecule has 1 heterocycles. The van der Waals surface area contributed by atoms with E-state index in [-0.39, 0.29) is 13.2 Å². The molecule has 2 rings (SSSR count). The summed E-state index contributed by atoms with van der Waals surface area (Å²) in [6.45, 7) is 14.4. The van der Waals surface area contributed by atoms with Crippen LogP contribution in [0.4, 0.5) is 14.9 Å². The number of hydrogen-bond acceptors (Lipinski definition) is 5. The zero-order valence-electron chi connectivity index (χ0n) is 18.7. The van der Waals surface area contributed by atoms with Gasteiger partial charge in [0.25, 0.3) is 0 Å². The maximum atomic E-state index is 14.2. The largest absolute Gasteiger partial charge is 0.444 e. The molecular weight excluding hydrogens is 405 g/mol. The molecule has 1 aromatic carbocycles. The Morgan fingerprint density at radius 2 is 1.97 bits per heavy atom. The molecule has 0 aliphatic carbocycles. The molecule has 0 bridgehead atoms. The number of rotatable bonds is 9. The molecule has 0 atom stereocenters. The minimum atomic E-state index is -0.880. The van der Waals surface area contributed by atoms with Crippen LogP contribution in [0.25, 0.3) is 10.9 Å². The van der Waals surface area contributed by atoms with Crippen molar-refractivity contribution in [3.63, 3.8) is 0 Å². The molecule has 31 heavy (non-hydrogen) atoms. The van der Waals surface area contributed by atoms with E-state index in [9.17, 15) is 19.3 Å². The van der Waals surface area contributed by atoms with Crippen LogP contribution in [0.2, 0.25) is 0 Å². The first kappa shape index (κ1) is 24.3. The second-order valence-corrected chi connectivity index (χ2v) is 8.91. The summed E-state index contributed by atoms with van der Waals surface area (Å²) >= 11 is 0. The van der Waals surface area contributed by atoms with Gasteiger partial charge < -0.3 is 19.4 Å². The molecule has 170 valence electrons. The summed E-state index contributed by atoms with van der Waals surface area (Å²) < 4.78 is 27.0. The lowest BCUT2D eigenvalue weighted by Gasteiger charge is -2.26. The van der Waals surface area contributed by atoms with E-state index in [1.807, 2.05) is 24.5 Å². The highest BCUT2D eigenvalue weighted by atomic mass is 19.1. The summed E-state index contributed by atoms with van der Waals surface area (Å²) in [6, 6.07) is 4.24. The lowest BCUT2D eigenvalue weighted by Crippen LogP contribution is -2.35. The van der Waals surface area contributed by atoms with Crippen molar-refractivity contribution < 1.29 is 23.6 Å². The number of nitrogens with zero attached hydrogens (tertiary/aromatic N) is 2. The molecule has 1 N–H and O–H groups in total. The Balaban J connectivity index is 2.13. The highest BCUT2D eigenvalue weighted by molar-refractivity contribution is 5.84. The number of hydrogen-bond donors (Lipinski definition) is 1. The van der Waals surface area contributed by atoms with Gasteiger partial charge >= 0.3 is 11.8 Å². The Labute approximate surface area is 181 Å². The fourth-order valence-corrected chi connectivity index (χ4v) is 3.24. The normalized spacial score (nSPS) is 12.1. The van der Waals surface area contributed by atoms with Crippen LogP contribution in [0.15, 0.2) is 30.9 Å². The minimum absolute atomic E-state index is 0.282. The number of carbonyl (C=O) groups excluding carboxylic acids is 1. The second kappa shape index (κ2) is 9.47. The van der Waals surface area contributed by atoms with Gasteiger partial charge in [-0.2, -0.15) is 4.39 Å². The van der Waals surface area contributed by atoms with Crippen LogP contribution in [0, 0.1) is 15.9 Å². The average molecular weight is 435 g/mol. The fraction of sp³-hybridized carbons (Fsp3) is 0.500. The van der Waals surface area contributed by atoms with Crippen molar-refractivity contribution in [3.8, 4) is 0 Å². The van der Waals surface area contributed by atoms with Crippen molar-refractivity contribution in [1.29, 1.82) is 0 Å². The third-order valence-corrected chi connectivity index (χ3v) is 4.55. The standard InChI is InChI=1S/C22H30FN3O5/c1-7-9-25-17-13-16(23)18(26(28)29)11-15(17)12-19(25)22(5,6)14-30-10-8-24-20(27)31-21(2,3)4/h7,11-13H,1,8-10,14H2,2-6H3,(H,24,27). The number of allylic oxidation sites excluding steroid dienone is 1. The number of fused-ring (bicyclic) bond motifs is 1. The van der Waals surface area contributed by atoms with Crippen LogP contribution in [0.5, 0.6) is 0 Å². The molecule has 0 unspecified atom stereocenters. The number of alkyl carbamates (subject to hydrolysis) is 1. The predicted octanol–water partition coefficient (Wildman–Crippen LogP) is 4.69. The molecule has 8 nitrogen and oxygen atoms in total. The van der Waals surface area contributed by atoms with Gasteiger partial charge in [0.15, 0.2) is 0 Å². The lowest BCUT2D eigenvalue weighted by atomic mass is 9.90. The second-order valence-electron chi connectivity index (χ2n) is 8.91. The van der Waals surface area contributed by atoms with E-state index >= 15 is 0 Å². The molecule has 2 aromatic rings. The number of nitro groups is 1. The number of aromatic nitrogens is 1. The summed E-state index contributed by atoms with van der Waals surface area (Å²) in [5, 5.41) is 14.3. The Bertz CT molecular complexity index is 976. The van der Waals surface area contributed by atoms with Gasteiger partial charge in [-0.05, 0) is 26.8 Å². The predicted molar refractivity (Wildman–Crippen MR) is 117 cm³/mol. The van der Waals surface area contributed by atoms with E-state index in [1.54, 1.807) is 26.8 Å². The van der Waals surface area contributed by atoms with Gasteiger partial charge in [0.1, 0.15) is 5.60 Å². The van der Waals surface area contributed by atoms with Crippen LogP contribution < -0.4 is 5.32 Å². The summed E-state index contributed by atoms with van der Waals surface area (Å²) in [5.41, 5.74) is -0.226. The number of ether oxygens (including phenoxy) is 2. The summed E-state index contributed by atoms with van der Waals surface area (Å²) in [6.07, 6.45) is 1.18. The van der Waals surface area contributed by atoms with Crippen molar-refractivity contribution >= 4 is 22.7 Å². The van der Waals surface area contributed by atoms with E-state index in [0.29, 0.717) is 24.1 Å². The van der Waals surface area contributed by atoms with Crippen molar-refractivity contribution in [2.45, 2.75) is 52.2 Å². The van der Waals surface area contributed by atoms with Crippen LogP contribution >= 0.6 is 0 Å². The molecule has 0 saturated heterocycles. The SMILES string of the molecule is C=CCn1c(C(C)(C)COCCNC(=O)OC(C)(C)C)cc2cc([N+](=O)[O-])c(F)cc21. The minimum Gasteiger partial charge on any atom is -0.444 e. The van der Waals surface area contributed by atoms with Gasteiger partial charge in [0, 0.05) is 41.7 Å². The van der Waals surface area contributed by atoms with Gasteiger partial charge in [0.2, 0.25) is 5.82 Å². The molecule has 1 aromatic heterocycles. The summed E-state index contributed by atoms with van der Waals surface area (Å²) in [4.78, 5) is 22.0. The maximum absolute atomic E-state index is 14.2. The first-order valence-corrected chi connectivity index (χ1v) is 9.99. The molecule has 0 aliphatic heterocycles. The number of amides is 1. The zero-order chi connectivity index (χ0) is 23.4. The van der Waals surface area contributed by atoms with Crippen molar-refractivity contribution in [1.82, 2.24) is 9.88 Å². The Kier molecular flexibility index (Phi) is 7.43. The van der Waals surface area contributed by atoms with Gasteiger partial charge in [-0.3, -0.25) is 10.1 Å². The van der Waals surface area contributed by atoms with Crippen LogP contribution in [0.1, 0.15) is 40.3 Å². The molecule has 0 spiro atoms. The number of benzene rings is 1. The first-order chi connectivity index (χ1) is 14.4. The molecule has 0 radical (unpaired) electrons. The Hall–Kier alpha value is -2.94. The van der Waals surface area contributed by atoms with E-state index in [1.165, 1.54) is 12.1 Å². The van der Waals surface area contributed by atoms with E-state index < -0.39 is 33.5 Å². The van der Waals surface area contributed by atoms with Crippen LogP contribution in [-0.2, 0) is 21.4 Å². The Morgan fingerprint density at radius 1 is 1.29 bits per heavy atom. The monoisotopic (exact) mass is 435 g/mol. The molecule has 0 saturated carbocycles. The van der Waals surface area contributed by atoms with Crippen molar-refractivity contribution in [2.75, 3.05) is 19.8 Å². The smallest absolute Gasteiger partial charge is 0.407 e. The zero-order valence-corrected chi connectivity index (χ0v) is 18.7. The van der Waals surface area contributed by atoms with Gasteiger partial charge in [-0.25, -0.2) is 4.79 Å². The van der Waals surface area contributed by atoms with Gasteiger partial charge in [-0.15, -0.1) is 6.58 Å². The summed E-state index contributed by atoms with van der Waals surface area (Å²) in [7, 11) is 0. The number of carbonyl (C=O) groups is 1. The molecule has 0 fully saturated rings. The maximum Gasteiger partial charge on any atom is 0.407 e. The molecular formula is C22H30FN3O5. The van der Waals surface area contributed by atoms with Crippen molar-refractivity contribution in [3.05, 3.63) is 52.5 Å². The van der Waals surface area contributed by atoms with Crippen LogP contribution in [0.3, 0.4) is 0 Å². The number of nitrogens with one attached hydrogen (secondary N) is 1. The lowest BCUT2D eigenvalue weighted by molar-refractivity contribution is -0.387. The fourth-order valence-electron chi connectivity index (χ4n) is 3.24. The highest BCUT2D eigenvalue weighted by Crippen LogP contribution is 2.33. The van der Waals surface area contributed by atoms with Crippen LogP contribution in [-0.4, -0.2) is 40.9 Å². The average Bonchev–Trinajstić information content (AvgIpc) is 2.98. The summed E-state index contributed by atoms with van der Waals surface area (Å²) in [5.74, 6) is -0.880. The number of nitro benzene ring substituents is 1. The quantitative estimate of drug-likeness (QED) is 0.267. The highest BCUT2D eigenvalue weighted by Gasteiger charge is 2.28.